The Morgan fingerprint density at radius 2 is 1.97 bits per heavy atom. The van der Waals surface area contributed by atoms with Crippen molar-refractivity contribution in [3.05, 3.63) is 69.8 Å². The van der Waals surface area contributed by atoms with E-state index in [0.717, 1.165) is 5.56 Å². The zero-order valence-corrected chi connectivity index (χ0v) is 19.3. The predicted molar refractivity (Wildman–Crippen MR) is 127 cm³/mol. The van der Waals surface area contributed by atoms with Gasteiger partial charge in [-0.3, -0.25) is 4.79 Å². The van der Waals surface area contributed by atoms with Gasteiger partial charge in [0, 0.05) is 29.8 Å². The number of halogens is 2. The van der Waals surface area contributed by atoms with Crippen molar-refractivity contribution in [3.63, 3.8) is 0 Å². The second-order valence-corrected chi connectivity index (χ2v) is 7.71. The number of aromatic nitrogens is 2. The van der Waals surface area contributed by atoms with Crippen molar-refractivity contribution in [2.75, 3.05) is 23.7 Å². The zero-order valence-electron chi connectivity index (χ0n) is 17.7. The Bertz CT molecular complexity index is 1160. The summed E-state index contributed by atoms with van der Waals surface area (Å²) in [6.07, 6.45) is 3.14. The highest BCUT2D eigenvalue weighted by molar-refractivity contribution is 9.10. The van der Waals surface area contributed by atoms with Crippen LogP contribution in [0.1, 0.15) is 21.6 Å². The van der Waals surface area contributed by atoms with E-state index in [4.69, 9.17) is 14.5 Å². The number of anilines is 2. The molecule has 0 radical (unpaired) electrons. The van der Waals surface area contributed by atoms with Crippen LogP contribution in [0.15, 0.2) is 51.8 Å². The van der Waals surface area contributed by atoms with Crippen LogP contribution in [0.3, 0.4) is 0 Å². The number of amides is 1. The fourth-order valence-corrected chi connectivity index (χ4v) is 3.43. The third-order valence-electron chi connectivity index (χ3n) is 4.71. The lowest BCUT2D eigenvalue weighted by Gasteiger charge is -2.15. The molecule has 0 spiro atoms. The largest absolute Gasteiger partial charge is 0.560 e. The molecule has 2 aromatic carbocycles. The molecule has 1 aliphatic rings. The topological polar surface area (TPSA) is 168 Å². The van der Waals surface area contributed by atoms with Crippen molar-refractivity contribution in [2.45, 2.75) is 6.54 Å². The number of nitrogens with one attached hydrogen (secondary N) is 3. The Kier molecular flexibility index (Phi) is 8.98. The normalized spacial score (nSPS) is 11.6. The van der Waals surface area contributed by atoms with Crippen molar-refractivity contribution >= 4 is 52.0 Å². The number of hydrogen-bond donors (Lipinski definition) is 6. The second-order valence-electron chi connectivity index (χ2n) is 6.86. The molecule has 0 aliphatic carbocycles. The lowest BCUT2D eigenvalue weighted by molar-refractivity contribution is 0.0955. The number of nitrogens with two attached hydrogens (primary N) is 1. The fraction of sp³-hybridized carbons (Fsp3) is 0.150. The van der Waals surface area contributed by atoms with Gasteiger partial charge in [-0.1, -0.05) is 11.2 Å². The minimum Gasteiger partial charge on any atom is -0.538 e. The molecule has 0 saturated carbocycles. The van der Waals surface area contributed by atoms with Crippen molar-refractivity contribution in [1.82, 2.24) is 15.6 Å². The van der Waals surface area contributed by atoms with Crippen LogP contribution in [0.25, 0.3) is 6.08 Å². The van der Waals surface area contributed by atoms with E-state index in [-0.39, 0.29) is 11.7 Å². The average molecular weight is 535 g/mol. The maximum absolute atomic E-state index is 13.3. The van der Waals surface area contributed by atoms with Crippen LogP contribution in [0.2, 0.25) is 0 Å². The molecule has 1 aromatic heterocycles. The first-order chi connectivity index (χ1) is 16.5. The van der Waals surface area contributed by atoms with E-state index in [9.17, 15) is 14.2 Å². The number of carbonyl (C=O) groups is 1. The summed E-state index contributed by atoms with van der Waals surface area (Å²) >= 11 is 3.14. The first kappa shape index (κ1) is 25.2. The molecule has 4 rings (SSSR count). The summed E-state index contributed by atoms with van der Waals surface area (Å²) in [6, 6.07) is 9.62. The number of rotatable bonds is 8. The summed E-state index contributed by atoms with van der Waals surface area (Å²) < 4.78 is 23.5. The predicted octanol–water partition coefficient (Wildman–Crippen LogP) is 1.45. The van der Waals surface area contributed by atoms with E-state index >= 15 is 0 Å². The Balaban J connectivity index is 0.00000158. The molecule has 2 heterocycles. The van der Waals surface area contributed by atoms with Crippen molar-refractivity contribution < 1.29 is 28.7 Å². The first-order valence-corrected chi connectivity index (χ1v) is 10.7. The summed E-state index contributed by atoms with van der Waals surface area (Å²) in [5, 5.41) is 33.0. The maximum Gasteiger partial charge on any atom is 0.560 e. The molecule has 0 saturated heterocycles. The SMILES string of the molecule is NO.O=C(NCCNc1nonc1CNc1ccc(F)c(Br)c1)c1ccc2c(c1)B(O)OC=C2. The highest BCUT2D eigenvalue weighted by Gasteiger charge is 2.24. The summed E-state index contributed by atoms with van der Waals surface area (Å²) in [7, 11) is -1.09. The minimum atomic E-state index is -1.09. The average Bonchev–Trinajstić information content (AvgIpc) is 3.31. The molecular formula is C20H21BBrFN6O5. The van der Waals surface area contributed by atoms with Crippen LogP contribution >= 0.6 is 15.9 Å². The van der Waals surface area contributed by atoms with Gasteiger partial charge in [-0.15, -0.1) is 0 Å². The van der Waals surface area contributed by atoms with E-state index in [1.165, 1.54) is 12.3 Å². The van der Waals surface area contributed by atoms with E-state index in [2.05, 4.69) is 48.1 Å². The molecule has 34 heavy (non-hydrogen) atoms. The van der Waals surface area contributed by atoms with Crippen LogP contribution in [-0.2, 0) is 11.2 Å². The lowest BCUT2D eigenvalue weighted by Crippen LogP contribution is -2.37. The van der Waals surface area contributed by atoms with Gasteiger partial charge >= 0.3 is 7.12 Å². The molecule has 0 unspecified atom stereocenters. The molecule has 178 valence electrons. The van der Waals surface area contributed by atoms with E-state index in [1.54, 1.807) is 36.4 Å². The summed E-state index contributed by atoms with van der Waals surface area (Å²) in [6.45, 7) is 1.01. The number of fused-ring (bicyclic) bond motifs is 1. The summed E-state index contributed by atoms with van der Waals surface area (Å²) in [4.78, 5) is 12.4. The number of carbonyl (C=O) groups excluding carboxylic acids is 1. The summed E-state index contributed by atoms with van der Waals surface area (Å²) in [5.41, 5.74) is 3.00. The first-order valence-electron chi connectivity index (χ1n) is 9.93. The lowest BCUT2D eigenvalue weighted by atomic mass is 9.74. The van der Waals surface area contributed by atoms with E-state index < -0.39 is 7.12 Å². The van der Waals surface area contributed by atoms with Gasteiger partial charge in [0.15, 0.2) is 5.82 Å². The highest BCUT2D eigenvalue weighted by atomic mass is 79.9. The fourth-order valence-electron chi connectivity index (χ4n) is 3.05. The van der Waals surface area contributed by atoms with Gasteiger partial charge in [0.05, 0.1) is 17.3 Å². The Morgan fingerprint density at radius 1 is 1.15 bits per heavy atom. The van der Waals surface area contributed by atoms with Gasteiger partial charge in [-0.25, -0.2) is 14.9 Å². The number of hydrogen-bond acceptors (Lipinski definition) is 10. The van der Waals surface area contributed by atoms with Crippen LogP contribution in [0.5, 0.6) is 0 Å². The van der Waals surface area contributed by atoms with E-state index in [1.807, 2.05) is 0 Å². The molecule has 1 aliphatic heterocycles. The van der Waals surface area contributed by atoms with Gasteiger partial charge in [-0.05, 0) is 63.1 Å². The Hall–Kier alpha value is -3.46. The molecule has 1 amide bonds. The third kappa shape index (κ3) is 6.32. The van der Waals surface area contributed by atoms with Gasteiger partial charge in [0.1, 0.15) is 11.5 Å². The standard InChI is InChI=1S/C20H18BBrFN5O4.H3NO/c22-16-10-14(3-4-17(16)23)26-11-18-19(28-32-27-18)24-6-7-25-20(29)13-2-1-12-5-8-31-21(30)15(12)9-13;1-2/h1-5,8-10,26,30H,6-7,11H2,(H,24,28)(H,25,29);2H,1H2. The maximum atomic E-state index is 13.3. The van der Waals surface area contributed by atoms with Crippen LogP contribution < -0.4 is 27.3 Å². The zero-order chi connectivity index (χ0) is 24.5. The van der Waals surface area contributed by atoms with Crippen LogP contribution in [0.4, 0.5) is 15.9 Å². The van der Waals surface area contributed by atoms with Crippen LogP contribution in [-0.4, -0.2) is 46.7 Å². The smallest absolute Gasteiger partial charge is 0.538 e. The Morgan fingerprint density at radius 3 is 2.76 bits per heavy atom. The second kappa shape index (κ2) is 12.1. The van der Waals surface area contributed by atoms with Gasteiger partial charge in [-0.2, -0.15) is 0 Å². The van der Waals surface area contributed by atoms with Gasteiger partial charge < -0.3 is 30.8 Å². The van der Waals surface area contributed by atoms with Crippen molar-refractivity contribution in [2.24, 2.45) is 5.90 Å². The summed E-state index contributed by atoms with van der Waals surface area (Å²) in [5.74, 6) is 3.31. The van der Waals surface area contributed by atoms with Gasteiger partial charge in [0.25, 0.3) is 5.91 Å². The minimum absolute atomic E-state index is 0.279. The number of benzene rings is 2. The molecule has 0 bridgehead atoms. The number of nitrogens with zero attached hydrogens (tertiary/aromatic N) is 2. The van der Waals surface area contributed by atoms with E-state index in [0.29, 0.717) is 52.3 Å². The molecule has 11 nitrogen and oxygen atoms in total. The highest BCUT2D eigenvalue weighted by Crippen LogP contribution is 2.21. The van der Waals surface area contributed by atoms with Gasteiger partial charge in [0.2, 0.25) is 0 Å². The van der Waals surface area contributed by atoms with Crippen molar-refractivity contribution in [3.8, 4) is 0 Å². The molecule has 3 aromatic rings. The van der Waals surface area contributed by atoms with Crippen LogP contribution in [0, 0.1) is 5.82 Å². The Labute approximate surface area is 202 Å². The molecular weight excluding hydrogens is 514 g/mol. The molecule has 14 heteroatoms. The van der Waals surface area contributed by atoms with Crippen molar-refractivity contribution in [1.29, 1.82) is 0 Å². The quantitative estimate of drug-likeness (QED) is 0.141. The third-order valence-corrected chi connectivity index (χ3v) is 5.32. The monoisotopic (exact) mass is 534 g/mol. The molecule has 0 atom stereocenters. The molecule has 0 fully saturated rings. The molecule has 7 N–H and O–H groups in total.